The SMILES string of the molecule is COC(COC(=O)C(F)F)OC. The summed E-state index contributed by atoms with van der Waals surface area (Å²) in [6.07, 6.45) is -3.91. The summed E-state index contributed by atoms with van der Waals surface area (Å²) in [5.74, 6) is -1.57. The van der Waals surface area contributed by atoms with Gasteiger partial charge in [-0.25, -0.2) is 4.79 Å². The molecule has 0 aromatic heterocycles. The van der Waals surface area contributed by atoms with Gasteiger partial charge in [-0.3, -0.25) is 0 Å². The zero-order valence-electron chi connectivity index (χ0n) is 6.75. The van der Waals surface area contributed by atoms with E-state index >= 15 is 0 Å². The molecule has 0 N–H and O–H groups in total. The topological polar surface area (TPSA) is 44.8 Å². The lowest BCUT2D eigenvalue weighted by Crippen LogP contribution is -2.25. The van der Waals surface area contributed by atoms with Crippen LogP contribution < -0.4 is 0 Å². The zero-order chi connectivity index (χ0) is 9.56. The van der Waals surface area contributed by atoms with Crippen LogP contribution >= 0.6 is 0 Å². The van der Waals surface area contributed by atoms with Gasteiger partial charge in [-0.2, -0.15) is 8.78 Å². The molecule has 0 fully saturated rings. The van der Waals surface area contributed by atoms with Gasteiger partial charge in [0, 0.05) is 14.2 Å². The largest absolute Gasteiger partial charge is 0.456 e. The van der Waals surface area contributed by atoms with Crippen LogP contribution in [-0.4, -0.2) is 39.5 Å². The molecule has 0 aliphatic heterocycles. The lowest BCUT2D eigenvalue weighted by Gasteiger charge is -2.12. The Morgan fingerprint density at radius 3 is 2.17 bits per heavy atom. The molecule has 0 heterocycles. The molecule has 0 aromatic carbocycles. The summed E-state index contributed by atoms with van der Waals surface area (Å²) in [4.78, 5) is 10.2. The van der Waals surface area contributed by atoms with Gasteiger partial charge in [0.25, 0.3) is 0 Å². The first kappa shape index (κ1) is 11.2. The quantitative estimate of drug-likeness (QED) is 0.458. The fraction of sp³-hybridized carbons (Fsp3) is 0.833. The molecule has 0 bridgehead atoms. The summed E-state index contributed by atoms with van der Waals surface area (Å²) in [6, 6.07) is 0. The van der Waals surface area contributed by atoms with Crippen molar-refractivity contribution in [2.75, 3.05) is 20.8 Å². The molecule has 0 radical (unpaired) electrons. The molecule has 0 unspecified atom stereocenters. The standard InChI is InChI=1S/C6H10F2O4/c1-10-4(11-2)3-12-6(9)5(7)8/h4-5H,3H2,1-2H3. The molecule has 0 aliphatic rings. The summed E-state index contributed by atoms with van der Waals surface area (Å²) < 4.78 is 36.3. The van der Waals surface area contributed by atoms with Crippen molar-refractivity contribution in [3.05, 3.63) is 0 Å². The van der Waals surface area contributed by atoms with E-state index in [1.54, 1.807) is 0 Å². The number of methoxy groups -OCH3 is 2. The van der Waals surface area contributed by atoms with Crippen molar-refractivity contribution in [1.29, 1.82) is 0 Å². The van der Waals surface area contributed by atoms with E-state index in [4.69, 9.17) is 0 Å². The zero-order valence-corrected chi connectivity index (χ0v) is 6.75. The molecule has 0 saturated carbocycles. The predicted molar refractivity (Wildman–Crippen MR) is 34.8 cm³/mol. The fourth-order valence-corrected chi connectivity index (χ4v) is 0.445. The summed E-state index contributed by atoms with van der Waals surface area (Å²) in [7, 11) is 2.62. The molecule has 0 atom stereocenters. The van der Waals surface area contributed by atoms with Crippen LogP contribution in [0.25, 0.3) is 0 Å². The highest BCUT2D eigenvalue weighted by Crippen LogP contribution is 1.98. The molecule has 6 heteroatoms. The van der Waals surface area contributed by atoms with Gasteiger partial charge in [0.2, 0.25) is 0 Å². The second-order valence-electron chi connectivity index (χ2n) is 1.83. The highest BCUT2D eigenvalue weighted by atomic mass is 19.3. The molecule has 0 spiro atoms. The molecule has 0 aromatic rings. The third-order valence-corrected chi connectivity index (χ3v) is 1.07. The number of ether oxygens (including phenoxy) is 3. The normalized spacial score (nSPS) is 10.8. The molecule has 0 rings (SSSR count). The van der Waals surface area contributed by atoms with Gasteiger partial charge in [-0.1, -0.05) is 0 Å². The maximum Gasteiger partial charge on any atom is 0.373 e. The van der Waals surface area contributed by atoms with Crippen molar-refractivity contribution in [2.45, 2.75) is 12.7 Å². The van der Waals surface area contributed by atoms with Crippen LogP contribution in [-0.2, 0) is 19.0 Å². The van der Waals surface area contributed by atoms with Gasteiger partial charge in [0.15, 0.2) is 6.29 Å². The summed E-state index contributed by atoms with van der Waals surface area (Å²) in [5, 5.41) is 0. The number of carbonyl (C=O) groups is 1. The van der Waals surface area contributed by atoms with E-state index in [1.807, 2.05) is 0 Å². The second-order valence-corrected chi connectivity index (χ2v) is 1.83. The van der Waals surface area contributed by atoms with Crippen LogP contribution in [0.4, 0.5) is 8.78 Å². The number of alkyl halides is 2. The maximum atomic E-state index is 11.5. The van der Waals surface area contributed by atoms with Crippen molar-refractivity contribution in [2.24, 2.45) is 0 Å². The fourth-order valence-electron chi connectivity index (χ4n) is 0.445. The minimum Gasteiger partial charge on any atom is -0.456 e. The maximum absolute atomic E-state index is 11.5. The monoisotopic (exact) mass is 184 g/mol. The first-order valence-corrected chi connectivity index (χ1v) is 3.12. The number of carbonyl (C=O) groups excluding carboxylic acids is 1. The smallest absolute Gasteiger partial charge is 0.373 e. The van der Waals surface area contributed by atoms with Crippen LogP contribution in [0.3, 0.4) is 0 Å². The van der Waals surface area contributed by atoms with Crippen molar-refractivity contribution in [1.82, 2.24) is 0 Å². The number of hydrogen-bond acceptors (Lipinski definition) is 4. The van der Waals surface area contributed by atoms with Crippen molar-refractivity contribution in [3.63, 3.8) is 0 Å². The molecule has 4 nitrogen and oxygen atoms in total. The minimum atomic E-state index is -3.11. The number of esters is 1. The van der Waals surface area contributed by atoms with Gasteiger partial charge < -0.3 is 14.2 Å². The molecular weight excluding hydrogens is 174 g/mol. The molecule has 12 heavy (non-hydrogen) atoms. The van der Waals surface area contributed by atoms with Crippen LogP contribution in [0.5, 0.6) is 0 Å². The average molecular weight is 184 g/mol. The number of rotatable bonds is 5. The molecule has 0 saturated heterocycles. The Morgan fingerprint density at radius 1 is 1.33 bits per heavy atom. The first-order chi connectivity index (χ1) is 5.61. The number of halogens is 2. The molecular formula is C6H10F2O4. The Labute approximate surface area is 68.4 Å². The van der Waals surface area contributed by atoms with E-state index in [0.717, 1.165) is 0 Å². The Balaban J connectivity index is 3.59. The second kappa shape index (κ2) is 5.84. The highest BCUT2D eigenvalue weighted by Gasteiger charge is 2.18. The summed E-state index contributed by atoms with van der Waals surface area (Å²) in [5.41, 5.74) is 0. The summed E-state index contributed by atoms with van der Waals surface area (Å²) >= 11 is 0. The Hall–Kier alpha value is -0.750. The van der Waals surface area contributed by atoms with Crippen molar-refractivity contribution >= 4 is 5.97 Å². The first-order valence-electron chi connectivity index (χ1n) is 3.12. The minimum absolute atomic E-state index is 0.337. The third-order valence-electron chi connectivity index (χ3n) is 1.07. The van der Waals surface area contributed by atoms with Gasteiger partial charge in [0.1, 0.15) is 6.61 Å². The van der Waals surface area contributed by atoms with E-state index < -0.39 is 18.7 Å². The Kier molecular flexibility index (Phi) is 5.48. The van der Waals surface area contributed by atoms with Crippen LogP contribution in [0.15, 0.2) is 0 Å². The Morgan fingerprint density at radius 2 is 1.83 bits per heavy atom. The summed E-state index contributed by atoms with van der Waals surface area (Å²) in [6.45, 7) is -0.337. The highest BCUT2D eigenvalue weighted by molar-refractivity contribution is 5.72. The third kappa shape index (κ3) is 4.20. The molecule has 72 valence electrons. The van der Waals surface area contributed by atoms with Crippen LogP contribution in [0.2, 0.25) is 0 Å². The van der Waals surface area contributed by atoms with Crippen molar-refractivity contribution in [3.8, 4) is 0 Å². The lowest BCUT2D eigenvalue weighted by molar-refractivity contribution is -0.176. The van der Waals surface area contributed by atoms with E-state index in [9.17, 15) is 13.6 Å². The van der Waals surface area contributed by atoms with Gasteiger partial charge in [-0.15, -0.1) is 0 Å². The van der Waals surface area contributed by atoms with Gasteiger partial charge in [-0.05, 0) is 0 Å². The average Bonchev–Trinajstić information content (AvgIpc) is 2.05. The van der Waals surface area contributed by atoms with E-state index in [0.29, 0.717) is 0 Å². The van der Waals surface area contributed by atoms with Gasteiger partial charge in [0.05, 0.1) is 0 Å². The molecule has 0 aliphatic carbocycles. The van der Waals surface area contributed by atoms with Gasteiger partial charge >= 0.3 is 12.4 Å². The molecule has 0 amide bonds. The van der Waals surface area contributed by atoms with Crippen LogP contribution in [0.1, 0.15) is 0 Å². The van der Waals surface area contributed by atoms with Crippen molar-refractivity contribution < 1.29 is 27.8 Å². The predicted octanol–water partition coefficient (Wildman–Crippen LogP) is 0.414. The van der Waals surface area contributed by atoms with E-state index in [2.05, 4.69) is 14.2 Å². The number of hydrogen-bond donors (Lipinski definition) is 0. The lowest BCUT2D eigenvalue weighted by atomic mass is 10.6. The van der Waals surface area contributed by atoms with Crippen LogP contribution in [0, 0.1) is 0 Å². The van der Waals surface area contributed by atoms with E-state index in [-0.39, 0.29) is 6.61 Å². The van der Waals surface area contributed by atoms with E-state index in [1.165, 1.54) is 14.2 Å². The Bertz CT molecular complexity index is 136.